The molecule has 0 aliphatic carbocycles. The van der Waals surface area contributed by atoms with Crippen molar-refractivity contribution in [1.82, 2.24) is 4.90 Å². The zero-order valence-corrected chi connectivity index (χ0v) is 10.5. The number of rotatable bonds is 5. The number of hydrogen-bond donors (Lipinski definition) is 1. The van der Waals surface area contributed by atoms with Gasteiger partial charge in [-0.1, -0.05) is 6.92 Å². The van der Waals surface area contributed by atoms with E-state index in [4.69, 9.17) is 9.84 Å². The predicted molar refractivity (Wildman–Crippen MR) is 62.6 cm³/mol. The average Bonchev–Trinajstić information content (AvgIpc) is 2.35. The maximum atomic E-state index is 12.1. The van der Waals surface area contributed by atoms with E-state index in [1.807, 2.05) is 13.8 Å². The summed E-state index contributed by atoms with van der Waals surface area (Å²) in [7, 11) is 0. The van der Waals surface area contributed by atoms with Crippen LogP contribution in [0.25, 0.3) is 0 Å². The summed E-state index contributed by atoms with van der Waals surface area (Å²) in [5.41, 5.74) is 0. The lowest BCUT2D eigenvalue weighted by atomic mass is 9.98. The first-order valence-electron chi connectivity index (χ1n) is 6.23. The van der Waals surface area contributed by atoms with Crippen LogP contribution in [0, 0.1) is 5.92 Å². The van der Waals surface area contributed by atoms with E-state index in [2.05, 4.69) is 0 Å². The monoisotopic (exact) mass is 243 g/mol. The lowest BCUT2D eigenvalue weighted by Crippen LogP contribution is -2.47. The van der Waals surface area contributed by atoms with Crippen molar-refractivity contribution >= 4 is 11.9 Å². The van der Waals surface area contributed by atoms with E-state index in [0.29, 0.717) is 32.5 Å². The lowest BCUT2D eigenvalue weighted by molar-refractivity contribution is -0.150. The van der Waals surface area contributed by atoms with E-state index in [-0.39, 0.29) is 5.91 Å². The van der Waals surface area contributed by atoms with Crippen molar-refractivity contribution in [1.29, 1.82) is 0 Å². The summed E-state index contributed by atoms with van der Waals surface area (Å²) in [6.07, 6.45) is 1.61. The first-order valence-corrected chi connectivity index (χ1v) is 6.23. The number of carbonyl (C=O) groups excluding carboxylic acids is 1. The van der Waals surface area contributed by atoms with E-state index < -0.39 is 18.0 Å². The van der Waals surface area contributed by atoms with Gasteiger partial charge in [-0.2, -0.15) is 0 Å². The van der Waals surface area contributed by atoms with Crippen molar-refractivity contribution in [3.8, 4) is 0 Å². The highest BCUT2D eigenvalue weighted by Crippen LogP contribution is 2.18. The maximum absolute atomic E-state index is 12.1. The number of ether oxygens (including phenoxy) is 1. The molecular weight excluding hydrogens is 222 g/mol. The second kappa shape index (κ2) is 6.59. The Hall–Kier alpha value is -1.10. The third kappa shape index (κ3) is 3.70. The van der Waals surface area contributed by atoms with E-state index in [1.165, 1.54) is 0 Å². The number of carboxylic acid groups (broad SMARTS) is 1. The van der Waals surface area contributed by atoms with E-state index in [9.17, 15) is 9.59 Å². The van der Waals surface area contributed by atoms with Crippen LogP contribution in [0.4, 0.5) is 0 Å². The average molecular weight is 243 g/mol. The molecule has 0 spiro atoms. The Kier molecular flexibility index (Phi) is 5.41. The van der Waals surface area contributed by atoms with Gasteiger partial charge in [0.15, 0.2) is 0 Å². The van der Waals surface area contributed by atoms with Gasteiger partial charge in [0.25, 0.3) is 5.91 Å². The molecule has 1 N–H and O–H groups in total. The summed E-state index contributed by atoms with van der Waals surface area (Å²) >= 11 is 0. The standard InChI is InChI=1S/C12H21NO4/c1-3-10(17-4-2)11(14)13-7-5-6-9(8-13)12(15)16/h9-10H,3-8H2,1-2H3,(H,15,16)/t9-,10+/m1/s1. The number of hydrogen-bond acceptors (Lipinski definition) is 3. The molecule has 0 aromatic carbocycles. The van der Waals surface area contributed by atoms with Gasteiger partial charge in [-0.05, 0) is 26.2 Å². The fourth-order valence-corrected chi connectivity index (χ4v) is 2.15. The zero-order chi connectivity index (χ0) is 12.8. The fraction of sp³-hybridized carbons (Fsp3) is 0.833. The molecule has 0 unspecified atom stereocenters. The fourth-order valence-electron chi connectivity index (χ4n) is 2.15. The number of carboxylic acids is 1. The van der Waals surface area contributed by atoms with E-state index in [0.717, 1.165) is 6.42 Å². The van der Waals surface area contributed by atoms with Crippen LogP contribution in [0.3, 0.4) is 0 Å². The third-order valence-corrected chi connectivity index (χ3v) is 3.10. The minimum atomic E-state index is -0.813. The molecule has 1 amide bonds. The molecule has 0 bridgehead atoms. The van der Waals surface area contributed by atoms with Crippen LogP contribution in [-0.2, 0) is 14.3 Å². The molecule has 5 heteroatoms. The van der Waals surface area contributed by atoms with Gasteiger partial charge in [-0.25, -0.2) is 0 Å². The Morgan fingerprint density at radius 2 is 2.18 bits per heavy atom. The third-order valence-electron chi connectivity index (χ3n) is 3.10. The molecular formula is C12H21NO4. The molecule has 0 radical (unpaired) electrons. The summed E-state index contributed by atoms with van der Waals surface area (Å²) in [6.45, 7) is 5.22. The highest BCUT2D eigenvalue weighted by molar-refractivity contribution is 5.82. The largest absolute Gasteiger partial charge is 0.481 e. The molecule has 1 fully saturated rings. The zero-order valence-electron chi connectivity index (χ0n) is 10.5. The molecule has 17 heavy (non-hydrogen) atoms. The van der Waals surface area contributed by atoms with Crippen LogP contribution in [0.2, 0.25) is 0 Å². The smallest absolute Gasteiger partial charge is 0.308 e. The molecule has 0 aromatic heterocycles. The van der Waals surface area contributed by atoms with Crippen LogP contribution in [0.1, 0.15) is 33.1 Å². The highest BCUT2D eigenvalue weighted by atomic mass is 16.5. The van der Waals surface area contributed by atoms with E-state index in [1.54, 1.807) is 4.90 Å². The molecule has 5 nitrogen and oxygen atoms in total. The highest BCUT2D eigenvalue weighted by Gasteiger charge is 2.31. The summed E-state index contributed by atoms with van der Waals surface area (Å²) in [4.78, 5) is 24.6. The number of amides is 1. The molecule has 1 heterocycles. The molecule has 98 valence electrons. The Morgan fingerprint density at radius 1 is 1.47 bits per heavy atom. The van der Waals surface area contributed by atoms with Crippen molar-refractivity contribution in [2.75, 3.05) is 19.7 Å². The van der Waals surface area contributed by atoms with Crippen LogP contribution in [0.5, 0.6) is 0 Å². The molecule has 1 rings (SSSR count). The van der Waals surface area contributed by atoms with Crippen molar-refractivity contribution in [2.45, 2.75) is 39.2 Å². The Morgan fingerprint density at radius 3 is 2.71 bits per heavy atom. The van der Waals surface area contributed by atoms with Crippen LogP contribution < -0.4 is 0 Å². The maximum Gasteiger partial charge on any atom is 0.308 e. The summed E-state index contributed by atoms with van der Waals surface area (Å²) in [5, 5.41) is 8.97. The number of piperidine rings is 1. The minimum Gasteiger partial charge on any atom is -0.481 e. The van der Waals surface area contributed by atoms with Gasteiger partial charge in [0.1, 0.15) is 6.10 Å². The number of likely N-dealkylation sites (tertiary alicyclic amines) is 1. The second-order valence-corrected chi connectivity index (χ2v) is 4.31. The SMILES string of the molecule is CCO[C@@H](CC)C(=O)N1CCC[C@@H](C(=O)O)C1. The van der Waals surface area contributed by atoms with Gasteiger partial charge < -0.3 is 14.7 Å². The number of nitrogens with zero attached hydrogens (tertiary/aromatic N) is 1. The second-order valence-electron chi connectivity index (χ2n) is 4.31. The van der Waals surface area contributed by atoms with Gasteiger partial charge in [0, 0.05) is 19.7 Å². The quantitative estimate of drug-likeness (QED) is 0.786. The Bertz CT molecular complexity index is 280. The van der Waals surface area contributed by atoms with Gasteiger partial charge in [-0.3, -0.25) is 9.59 Å². The first kappa shape index (κ1) is 14.0. The van der Waals surface area contributed by atoms with Crippen molar-refractivity contribution in [2.24, 2.45) is 5.92 Å². The van der Waals surface area contributed by atoms with Crippen LogP contribution in [-0.4, -0.2) is 47.7 Å². The van der Waals surface area contributed by atoms with Gasteiger partial charge >= 0.3 is 5.97 Å². The molecule has 2 atom stereocenters. The molecule has 0 saturated carbocycles. The summed E-state index contributed by atoms with van der Waals surface area (Å²) in [5.74, 6) is -1.31. The van der Waals surface area contributed by atoms with Crippen molar-refractivity contribution in [3.05, 3.63) is 0 Å². The summed E-state index contributed by atoms with van der Waals surface area (Å²) < 4.78 is 5.36. The Balaban J connectivity index is 2.58. The number of aliphatic carboxylic acids is 1. The number of carbonyl (C=O) groups is 2. The lowest BCUT2D eigenvalue weighted by Gasteiger charge is -2.33. The van der Waals surface area contributed by atoms with Gasteiger partial charge in [0.05, 0.1) is 5.92 Å². The molecule has 1 aliphatic heterocycles. The van der Waals surface area contributed by atoms with Crippen LogP contribution >= 0.6 is 0 Å². The topological polar surface area (TPSA) is 66.8 Å². The summed E-state index contributed by atoms with van der Waals surface area (Å²) in [6, 6.07) is 0. The minimum absolute atomic E-state index is 0.0692. The normalized spacial score (nSPS) is 22.2. The molecule has 1 saturated heterocycles. The van der Waals surface area contributed by atoms with Crippen molar-refractivity contribution < 1.29 is 19.4 Å². The molecule has 1 aliphatic rings. The first-order chi connectivity index (χ1) is 8.10. The van der Waals surface area contributed by atoms with Crippen molar-refractivity contribution in [3.63, 3.8) is 0 Å². The van der Waals surface area contributed by atoms with Gasteiger partial charge in [0.2, 0.25) is 0 Å². The Labute approximate surface area is 102 Å². The van der Waals surface area contributed by atoms with E-state index >= 15 is 0 Å². The van der Waals surface area contributed by atoms with Crippen LogP contribution in [0.15, 0.2) is 0 Å². The predicted octanol–water partition coefficient (Wildman–Crippen LogP) is 1.12. The van der Waals surface area contributed by atoms with Gasteiger partial charge in [-0.15, -0.1) is 0 Å². The molecule has 0 aromatic rings.